The molecule has 0 unspecified atom stereocenters. The number of aromatic hydroxyl groups is 1. The summed E-state index contributed by atoms with van der Waals surface area (Å²) in [5, 5.41) is 20.8. The third kappa shape index (κ3) is 2.42. The number of nitrogens with one attached hydrogen (secondary N) is 1. The summed E-state index contributed by atoms with van der Waals surface area (Å²) in [4.78, 5) is 35.8. The van der Waals surface area contributed by atoms with Gasteiger partial charge in [-0.05, 0) is 25.0 Å². The Morgan fingerprint density at radius 1 is 1.38 bits per heavy atom. The summed E-state index contributed by atoms with van der Waals surface area (Å²) >= 11 is 0. The summed E-state index contributed by atoms with van der Waals surface area (Å²) in [7, 11) is 0. The van der Waals surface area contributed by atoms with Gasteiger partial charge in [0.25, 0.3) is 11.2 Å². The van der Waals surface area contributed by atoms with Crippen LogP contribution in [-0.2, 0) is 6.42 Å². The number of H-pyrrole nitrogens is 1. The van der Waals surface area contributed by atoms with Gasteiger partial charge in [0.1, 0.15) is 0 Å². The summed E-state index contributed by atoms with van der Waals surface area (Å²) in [5.74, 6) is -0.455. The second kappa shape index (κ2) is 5.23. The van der Waals surface area contributed by atoms with E-state index < -0.39 is 22.1 Å². The van der Waals surface area contributed by atoms with Crippen molar-refractivity contribution in [1.29, 1.82) is 0 Å². The van der Waals surface area contributed by atoms with E-state index >= 15 is 0 Å². The van der Waals surface area contributed by atoms with Crippen LogP contribution >= 0.6 is 0 Å². The first-order valence-corrected chi connectivity index (χ1v) is 6.19. The van der Waals surface area contributed by atoms with Crippen molar-refractivity contribution in [2.24, 2.45) is 0 Å². The second-order valence-electron chi connectivity index (χ2n) is 4.48. The van der Waals surface area contributed by atoms with Crippen LogP contribution in [0.15, 0.2) is 27.8 Å². The largest absolute Gasteiger partial charge is 0.494 e. The molecule has 1 aromatic carbocycles. The predicted molar refractivity (Wildman–Crippen MR) is 75.1 cm³/mol. The van der Waals surface area contributed by atoms with Crippen molar-refractivity contribution in [3.63, 3.8) is 0 Å². The smallest absolute Gasteiger partial charge is 0.335 e. The molecule has 2 aromatic rings. The van der Waals surface area contributed by atoms with Crippen molar-refractivity contribution in [3.05, 3.63) is 60.3 Å². The molecule has 8 heteroatoms. The van der Waals surface area contributed by atoms with Gasteiger partial charge in [0.05, 0.1) is 16.2 Å². The molecule has 0 aliphatic heterocycles. The Bertz CT molecular complexity index is 835. The Morgan fingerprint density at radius 3 is 2.57 bits per heavy atom. The first kappa shape index (κ1) is 14.5. The molecule has 0 atom stereocenters. The van der Waals surface area contributed by atoms with E-state index in [1.807, 2.05) is 0 Å². The van der Waals surface area contributed by atoms with E-state index in [1.54, 1.807) is 13.8 Å². The zero-order valence-electron chi connectivity index (χ0n) is 11.4. The van der Waals surface area contributed by atoms with E-state index in [1.165, 1.54) is 18.2 Å². The Labute approximate surface area is 118 Å². The number of non-ortho nitro benzene ring substituents is 1. The maximum Gasteiger partial charge on any atom is 0.335 e. The molecule has 8 nitrogen and oxygen atoms in total. The molecule has 2 N–H and O–H groups in total. The average Bonchev–Trinajstić information content (AvgIpc) is 2.40. The zero-order chi connectivity index (χ0) is 15.7. The summed E-state index contributed by atoms with van der Waals surface area (Å²) in [6, 6.07) is 3.87. The maximum absolute atomic E-state index is 11.9. The highest BCUT2D eigenvalue weighted by atomic mass is 16.6. The van der Waals surface area contributed by atoms with Crippen molar-refractivity contribution < 1.29 is 10.0 Å². The van der Waals surface area contributed by atoms with Crippen molar-refractivity contribution in [3.8, 4) is 11.6 Å². The third-order valence-electron chi connectivity index (χ3n) is 3.17. The van der Waals surface area contributed by atoms with E-state index in [9.17, 15) is 24.8 Å². The molecule has 0 spiro atoms. The van der Waals surface area contributed by atoms with Crippen LogP contribution in [0.25, 0.3) is 5.69 Å². The number of nitro benzene ring substituents is 1. The van der Waals surface area contributed by atoms with Gasteiger partial charge in [-0.2, -0.15) is 0 Å². The summed E-state index contributed by atoms with van der Waals surface area (Å²) in [5.41, 5.74) is -0.788. The van der Waals surface area contributed by atoms with Gasteiger partial charge < -0.3 is 5.11 Å². The van der Waals surface area contributed by atoms with E-state index in [4.69, 9.17) is 0 Å². The Kier molecular flexibility index (Phi) is 3.62. The van der Waals surface area contributed by atoms with Crippen molar-refractivity contribution in [1.82, 2.24) is 9.55 Å². The molecule has 0 amide bonds. The zero-order valence-corrected chi connectivity index (χ0v) is 11.4. The molecule has 0 aliphatic carbocycles. The van der Waals surface area contributed by atoms with E-state index in [2.05, 4.69) is 4.98 Å². The molecular weight excluding hydrogens is 278 g/mol. The molecule has 0 saturated heterocycles. The fraction of sp³-hybridized carbons (Fsp3) is 0.231. The highest BCUT2D eigenvalue weighted by Crippen LogP contribution is 2.23. The van der Waals surface area contributed by atoms with E-state index in [0.29, 0.717) is 5.56 Å². The van der Waals surface area contributed by atoms with Gasteiger partial charge in [-0.3, -0.25) is 19.9 Å². The Balaban J connectivity index is 2.76. The standard InChI is InChI=1S/C13H13N3O5/c1-3-9-11(17)14-13(19)15(12(9)18)10-5-4-8(16(20)21)6-7(10)2/h4-6,18H,3H2,1-2H3,(H,14,17,19). The molecule has 2 rings (SSSR count). The molecule has 0 saturated carbocycles. The predicted octanol–water partition coefficient (Wildman–Crippen LogP) is 1.01. The molecule has 110 valence electrons. The van der Waals surface area contributed by atoms with Crippen LogP contribution in [0.2, 0.25) is 0 Å². The summed E-state index contributed by atoms with van der Waals surface area (Å²) in [6.07, 6.45) is 0.244. The molecule has 0 bridgehead atoms. The lowest BCUT2D eigenvalue weighted by atomic mass is 10.1. The first-order chi connectivity index (χ1) is 9.86. The van der Waals surface area contributed by atoms with Crippen molar-refractivity contribution >= 4 is 5.69 Å². The third-order valence-corrected chi connectivity index (χ3v) is 3.17. The first-order valence-electron chi connectivity index (χ1n) is 6.19. The molecule has 1 heterocycles. The fourth-order valence-corrected chi connectivity index (χ4v) is 2.11. The van der Waals surface area contributed by atoms with E-state index in [0.717, 1.165) is 4.57 Å². The van der Waals surface area contributed by atoms with Gasteiger partial charge in [-0.1, -0.05) is 6.92 Å². The van der Waals surface area contributed by atoms with Crippen molar-refractivity contribution in [2.45, 2.75) is 20.3 Å². The number of nitrogens with zero attached hydrogens (tertiary/aromatic N) is 2. The molecular formula is C13H13N3O5. The van der Waals surface area contributed by atoms with Gasteiger partial charge >= 0.3 is 5.69 Å². The van der Waals surface area contributed by atoms with Crippen LogP contribution < -0.4 is 11.2 Å². The monoisotopic (exact) mass is 291 g/mol. The summed E-state index contributed by atoms with van der Waals surface area (Å²) < 4.78 is 0.930. The minimum atomic E-state index is -0.799. The molecule has 0 fully saturated rings. The molecule has 1 aromatic heterocycles. The van der Waals surface area contributed by atoms with E-state index in [-0.39, 0.29) is 23.4 Å². The fourth-order valence-electron chi connectivity index (χ4n) is 2.11. The van der Waals surface area contributed by atoms with Gasteiger partial charge in [-0.25, -0.2) is 9.36 Å². The normalized spacial score (nSPS) is 10.6. The maximum atomic E-state index is 11.9. The number of aryl methyl sites for hydroxylation is 1. The lowest BCUT2D eigenvalue weighted by Crippen LogP contribution is -2.31. The lowest BCUT2D eigenvalue weighted by molar-refractivity contribution is -0.384. The molecule has 0 aliphatic rings. The SMILES string of the molecule is CCc1c(O)n(-c2ccc([N+](=O)[O-])cc2C)c(=O)[nH]c1=O. The number of nitro groups is 1. The quantitative estimate of drug-likeness (QED) is 0.646. The van der Waals surface area contributed by atoms with Crippen LogP contribution in [0.3, 0.4) is 0 Å². The van der Waals surface area contributed by atoms with Gasteiger partial charge in [0, 0.05) is 12.1 Å². The number of rotatable bonds is 3. The Hall–Kier alpha value is -2.90. The summed E-state index contributed by atoms with van der Waals surface area (Å²) in [6.45, 7) is 3.24. The average molecular weight is 291 g/mol. The van der Waals surface area contributed by atoms with Crippen LogP contribution in [0, 0.1) is 17.0 Å². The number of hydrogen-bond donors (Lipinski definition) is 2. The molecule has 0 radical (unpaired) electrons. The minimum Gasteiger partial charge on any atom is -0.494 e. The Morgan fingerprint density at radius 2 is 2.05 bits per heavy atom. The van der Waals surface area contributed by atoms with Crippen LogP contribution in [0.4, 0.5) is 5.69 Å². The highest BCUT2D eigenvalue weighted by Gasteiger charge is 2.17. The molecule has 21 heavy (non-hydrogen) atoms. The van der Waals surface area contributed by atoms with Crippen LogP contribution in [0.1, 0.15) is 18.1 Å². The van der Waals surface area contributed by atoms with Crippen molar-refractivity contribution in [2.75, 3.05) is 0 Å². The number of benzene rings is 1. The van der Waals surface area contributed by atoms with Crippen LogP contribution in [-0.4, -0.2) is 19.6 Å². The second-order valence-corrected chi connectivity index (χ2v) is 4.48. The lowest BCUT2D eigenvalue weighted by Gasteiger charge is -2.12. The van der Waals surface area contributed by atoms with Gasteiger partial charge in [0.15, 0.2) is 0 Å². The topological polar surface area (TPSA) is 118 Å². The van der Waals surface area contributed by atoms with Gasteiger partial charge in [0.2, 0.25) is 5.88 Å². The number of hydrogen-bond acceptors (Lipinski definition) is 5. The number of aromatic nitrogens is 2. The van der Waals surface area contributed by atoms with Crippen LogP contribution in [0.5, 0.6) is 5.88 Å². The van der Waals surface area contributed by atoms with Gasteiger partial charge in [-0.15, -0.1) is 0 Å². The number of aromatic amines is 1. The highest BCUT2D eigenvalue weighted by molar-refractivity contribution is 5.49. The minimum absolute atomic E-state index is 0.0763.